The Hall–Kier alpha value is -4.69. The van der Waals surface area contributed by atoms with Crippen LogP contribution in [0.15, 0.2) is 61.8 Å². The summed E-state index contributed by atoms with van der Waals surface area (Å²) in [6.45, 7) is 6.20. The Morgan fingerprint density at radius 2 is 2.03 bits per heavy atom. The second-order valence-electron chi connectivity index (χ2n) is 6.57. The van der Waals surface area contributed by atoms with Crippen molar-refractivity contribution in [1.82, 2.24) is 24.4 Å². The highest BCUT2D eigenvalue weighted by Gasteiger charge is 2.12. The summed E-state index contributed by atoms with van der Waals surface area (Å²) in [4.78, 5) is 15.6. The van der Waals surface area contributed by atoms with E-state index in [1.807, 2.05) is 30.1 Å². The fraction of sp³-hybridized carbons (Fsp3) is 0.0870. The molecule has 0 bridgehead atoms. The summed E-state index contributed by atoms with van der Waals surface area (Å²) in [5, 5.41) is 20.7. The normalized spacial score (nSPS) is 10.2. The van der Waals surface area contributed by atoms with E-state index in [1.165, 1.54) is 18.5 Å². The molecule has 4 heterocycles. The number of nitrogens with one attached hydrogen (secondary N) is 1. The zero-order chi connectivity index (χ0) is 21.8. The Balaban J connectivity index is 1.74. The summed E-state index contributed by atoms with van der Waals surface area (Å²) in [6.07, 6.45) is 9.83. The number of pyridine rings is 2. The first kappa shape index (κ1) is 19.6. The fourth-order valence-electron chi connectivity index (χ4n) is 3.01. The highest BCUT2D eigenvalue weighted by Crippen LogP contribution is 2.24. The lowest BCUT2D eigenvalue weighted by Crippen LogP contribution is -2.07. The molecule has 4 aromatic heterocycles. The van der Waals surface area contributed by atoms with Crippen molar-refractivity contribution in [2.24, 2.45) is 0 Å². The minimum atomic E-state index is -0.309. The van der Waals surface area contributed by atoms with Crippen LogP contribution < -0.4 is 5.32 Å². The van der Waals surface area contributed by atoms with Gasteiger partial charge in [0.1, 0.15) is 11.8 Å². The molecule has 31 heavy (non-hydrogen) atoms. The third-order valence-electron chi connectivity index (χ3n) is 4.56. The number of nitrogens with zero attached hydrogens (tertiary/aromatic N) is 6. The average Bonchev–Trinajstić information content (AvgIpc) is 3.45. The number of carbonyl (C=O) groups is 1. The highest BCUT2D eigenvalue weighted by molar-refractivity contribution is 5.98. The molecule has 0 saturated carbocycles. The SMILES string of the molecule is C=CC(=O)Nc1ccc(C#Cc2cc(-c3cnn(CC)c3)cn3ncc(C#N)c23)nc1. The van der Waals surface area contributed by atoms with Crippen molar-refractivity contribution in [3.05, 3.63) is 78.7 Å². The summed E-state index contributed by atoms with van der Waals surface area (Å²) in [6, 6.07) is 7.50. The summed E-state index contributed by atoms with van der Waals surface area (Å²) >= 11 is 0. The van der Waals surface area contributed by atoms with Crippen LogP contribution in [0.5, 0.6) is 0 Å². The lowest BCUT2D eigenvalue weighted by Gasteiger charge is -2.03. The molecule has 0 radical (unpaired) electrons. The summed E-state index contributed by atoms with van der Waals surface area (Å²) in [7, 11) is 0. The molecule has 4 aromatic rings. The van der Waals surface area contributed by atoms with Crippen LogP contribution in [0.25, 0.3) is 16.6 Å². The number of carbonyl (C=O) groups excluding carboxylic acids is 1. The Morgan fingerprint density at radius 3 is 2.71 bits per heavy atom. The molecular weight excluding hydrogens is 390 g/mol. The molecule has 4 rings (SSSR count). The van der Waals surface area contributed by atoms with E-state index in [9.17, 15) is 10.1 Å². The third kappa shape index (κ3) is 4.04. The molecule has 0 spiro atoms. The smallest absolute Gasteiger partial charge is 0.247 e. The van der Waals surface area contributed by atoms with Crippen LogP contribution in [0, 0.1) is 23.2 Å². The highest BCUT2D eigenvalue weighted by atomic mass is 16.1. The Morgan fingerprint density at radius 1 is 1.16 bits per heavy atom. The predicted octanol–water partition coefficient (Wildman–Crippen LogP) is 3.01. The number of amides is 1. The maximum atomic E-state index is 11.4. The first-order valence-electron chi connectivity index (χ1n) is 9.47. The molecule has 1 amide bonds. The number of aromatic nitrogens is 5. The van der Waals surface area contributed by atoms with Crippen LogP contribution in [0.2, 0.25) is 0 Å². The number of hydrogen-bond acceptors (Lipinski definition) is 5. The van der Waals surface area contributed by atoms with Crippen LogP contribution >= 0.6 is 0 Å². The Labute approximate surface area is 178 Å². The minimum Gasteiger partial charge on any atom is -0.321 e. The van der Waals surface area contributed by atoms with Gasteiger partial charge in [0.2, 0.25) is 5.91 Å². The van der Waals surface area contributed by atoms with E-state index < -0.39 is 0 Å². The van der Waals surface area contributed by atoms with Gasteiger partial charge in [-0.05, 0) is 37.1 Å². The zero-order valence-corrected chi connectivity index (χ0v) is 16.7. The second-order valence-corrected chi connectivity index (χ2v) is 6.57. The first-order chi connectivity index (χ1) is 15.1. The number of hydrogen-bond donors (Lipinski definition) is 1. The van der Waals surface area contributed by atoms with Gasteiger partial charge in [0, 0.05) is 30.1 Å². The van der Waals surface area contributed by atoms with Crippen LogP contribution in [-0.2, 0) is 11.3 Å². The monoisotopic (exact) mass is 407 g/mol. The molecule has 8 nitrogen and oxygen atoms in total. The van der Waals surface area contributed by atoms with Crippen molar-refractivity contribution in [3.63, 3.8) is 0 Å². The van der Waals surface area contributed by atoms with Crippen molar-refractivity contribution in [2.45, 2.75) is 13.5 Å². The van der Waals surface area contributed by atoms with Crippen molar-refractivity contribution in [3.8, 4) is 29.0 Å². The van der Waals surface area contributed by atoms with E-state index >= 15 is 0 Å². The average molecular weight is 407 g/mol. The number of rotatable bonds is 4. The van der Waals surface area contributed by atoms with Gasteiger partial charge in [-0.2, -0.15) is 15.5 Å². The molecule has 150 valence electrons. The maximum Gasteiger partial charge on any atom is 0.247 e. The molecule has 0 aliphatic rings. The number of fused-ring (bicyclic) bond motifs is 1. The quantitative estimate of drug-likeness (QED) is 0.414. The van der Waals surface area contributed by atoms with Gasteiger partial charge >= 0.3 is 0 Å². The molecule has 8 heteroatoms. The van der Waals surface area contributed by atoms with Gasteiger partial charge in [0.25, 0.3) is 0 Å². The lowest BCUT2D eigenvalue weighted by molar-refractivity contribution is -0.111. The van der Waals surface area contributed by atoms with E-state index in [4.69, 9.17) is 0 Å². The zero-order valence-electron chi connectivity index (χ0n) is 16.7. The standard InChI is InChI=1S/C23H17N7O/c1-3-22(31)28-21-8-7-20(25-13-21)6-5-16-9-17(19-12-26-29(4-2)14-19)15-30-23(16)18(10-24)11-27-30/h3,7-9,11-15H,1,4H2,2H3,(H,28,31). The molecule has 0 aromatic carbocycles. The molecule has 1 N–H and O–H groups in total. The number of aryl methyl sites for hydroxylation is 1. The molecular formula is C23H17N7O. The third-order valence-corrected chi connectivity index (χ3v) is 4.56. The Bertz CT molecular complexity index is 1390. The van der Waals surface area contributed by atoms with Crippen LogP contribution in [-0.4, -0.2) is 30.3 Å². The van der Waals surface area contributed by atoms with E-state index in [-0.39, 0.29) is 5.91 Å². The van der Waals surface area contributed by atoms with Crippen molar-refractivity contribution < 1.29 is 4.79 Å². The van der Waals surface area contributed by atoms with Gasteiger partial charge in [0.15, 0.2) is 0 Å². The van der Waals surface area contributed by atoms with Crippen LogP contribution in [0.4, 0.5) is 5.69 Å². The van der Waals surface area contributed by atoms with E-state index in [1.54, 1.807) is 22.8 Å². The van der Waals surface area contributed by atoms with Gasteiger partial charge < -0.3 is 5.32 Å². The van der Waals surface area contributed by atoms with Gasteiger partial charge in [-0.3, -0.25) is 9.48 Å². The van der Waals surface area contributed by atoms with Gasteiger partial charge in [-0.15, -0.1) is 0 Å². The molecule has 0 saturated heterocycles. The molecule has 0 fully saturated rings. The topological polar surface area (TPSA) is 101 Å². The maximum absolute atomic E-state index is 11.4. The first-order valence-corrected chi connectivity index (χ1v) is 9.47. The van der Waals surface area contributed by atoms with E-state index in [0.29, 0.717) is 28.0 Å². The van der Waals surface area contributed by atoms with Crippen molar-refractivity contribution in [2.75, 3.05) is 5.32 Å². The summed E-state index contributed by atoms with van der Waals surface area (Å²) in [5.41, 5.74) is 4.63. The number of anilines is 1. The largest absolute Gasteiger partial charge is 0.321 e. The van der Waals surface area contributed by atoms with Gasteiger partial charge in [-0.25, -0.2) is 9.50 Å². The molecule has 0 atom stereocenters. The second kappa shape index (κ2) is 8.36. The van der Waals surface area contributed by atoms with Crippen molar-refractivity contribution >= 4 is 17.1 Å². The van der Waals surface area contributed by atoms with Gasteiger partial charge in [0.05, 0.1) is 40.9 Å². The Kier molecular flexibility index (Phi) is 5.29. The summed E-state index contributed by atoms with van der Waals surface area (Å²) in [5.74, 6) is 5.82. The molecule has 0 aliphatic carbocycles. The van der Waals surface area contributed by atoms with Crippen LogP contribution in [0.3, 0.4) is 0 Å². The van der Waals surface area contributed by atoms with Gasteiger partial charge in [-0.1, -0.05) is 12.5 Å². The van der Waals surface area contributed by atoms with E-state index in [2.05, 4.69) is 45.0 Å². The molecule has 0 unspecified atom stereocenters. The number of nitriles is 1. The van der Waals surface area contributed by atoms with Crippen molar-refractivity contribution in [1.29, 1.82) is 5.26 Å². The van der Waals surface area contributed by atoms with Crippen LogP contribution in [0.1, 0.15) is 23.7 Å². The lowest BCUT2D eigenvalue weighted by atomic mass is 10.1. The molecule has 0 aliphatic heterocycles. The summed E-state index contributed by atoms with van der Waals surface area (Å²) < 4.78 is 3.49. The minimum absolute atomic E-state index is 0.309. The predicted molar refractivity (Wildman–Crippen MR) is 116 cm³/mol. The fourth-order valence-corrected chi connectivity index (χ4v) is 3.01. The van der Waals surface area contributed by atoms with E-state index in [0.717, 1.165) is 17.7 Å².